The second-order valence-electron chi connectivity index (χ2n) is 6.29. The van der Waals surface area contributed by atoms with Gasteiger partial charge < -0.3 is 24.2 Å². The van der Waals surface area contributed by atoms with Gasteiger partial charge in [-0.05, 0) is 19.2 Å². The molecule has 0 unspecified atom stereocenters. The third-order valence-electron chi connectivity index (χ3n) is 4.25. The SMILES string of the molecule is CN1CCN(C[C@H](O)COC[C@H]2COc3ccccc3O2)CC1. The molecule has 3 rings (SSSR count). The number of nitrogens with zero attached hydrogens (tertiary/aromatic N) is 2. The molecule has 0 radical (unpaired) electrons. The minimum atomic E-state index is -0.463. The molecule has 1 aromatic carbocycles. The monoisotopic (exact) mass is 322 g/mol. The van der Waals surface area contributed by atoms with Crippen LogP contribution in [0, 0.1) is 0 Å². The minimum Gasteiger partial charge on any atom is -0.486 e. The van der Waals surface area contributed by atoms with Gasteiger partial charge in [-0.15, -0.1) is 0 Å². The summed E-state index contributed by atoms with van der Waals surface area (Å²) in [5, 5.41) is 10.1. The zero-order valence-electron chi connectivity index (χ0n) is 13.7. The number of hydrogen-bond donors (Lipinski definition) is 1. The molecule has 0 aliphatic carbocycles. The lowest BCUT2D eigenvalue weighted by Gasteiger charge is -2.33. The van der Waals surface area contributed by atoms with Crippen LogP contribution in [0.25, 0.3) is 0 Å². The number of β-amino-alcohol motifs (C(OH)–C–C–N with tert-alkyl or cyclic N) is 1. The van der Waals surface area contributed by atoms with E-state index < -0.39 is 6.10 Å². The molecular formula is C17H26N2O4. The quantitative estimate of drug-likeness (QED) is 0.821. The molecule has 2 heterocycles. The molecule has 128 valence electrons. The number of likely N-dealkylation sites (N-methyl/N-ethyl adjacent to an activating group) is 1. The van der Waals surface area contributed by atoms with Crippen LogP contribution in [0.3, 0.4) is 0 Å². The van der Waals surface area contributed by atoms with Crippen molar-refractivity contribution in [1.82, 2.24) is 9.80 Å². The average Bonchev–Trinajstić information content (AvgIpc) is 2.57. The molecule has 0 aromatic heterocycles. The van der Waals surface area contributed by atoms with Gasteiger partial charge >= 0.3 is 0 Å². The summed E-state index contributed by atoms with van der Waals surface area (Å²) < 4.78 is 17.1. The van der Waals surface area contributed by atoms with Crippen molar-refractivity contribution in [3.05, 3.63) is 24.3 Å². The number of benzene rings is 1. The summed E-state index contributed by atoms with van der Waals surface area (Å²) >= 11 is 0. The van der Waals surface area contributed by atoms with E-state index in [1.165, 1.54) is 0 Å². The first-order chi connectivity index (χ1) is 11.2. The third-order valence-corrected chi connectivity index (χ3v) is 4.25. The van der Waals surface area contributed by atoms with Crippen LogP contribution in [0.4, 0.5) is 0 Å². The highest BCUT2D eigenvalue weighted by molar-refractivity contribution is 5.40. The maximum Gasteiger partial charge on any atom is 0.161 e. The normalized spacial score (nSPS) is 23.7. The van der Waals surface area contributed by atoms with Gasteiger partial charge in [0.2, 0.25) is 0 Å². The van der Waals surface area contributed by atoms with E-state index in [1.807, 2.05) is 24.3 Å². The van der Waals surface area contributed by atoms with Gasteiger partial charge in [-0.3, -0.25) is 4.90 Å². The van der Waals surface area contributed by atoms with Gasteiger partial charge in [-0.2, -0.15) is 0 Å². The number of ether oxygens (including phenoxy) is 3. The molecule has 0 saturated carbocycles. The van der Waals surface area contributed by atoms with Gasteiger partial charge in [0.1, 0.15) is 6.61 Å². The van der Waals surface area contributed by atoms with E-state index in [-0.39, 0.29) is 6.10 Å². The molecule has 0 amide bonds. The second-order valence-corrected chi connectivity index (χ2v) is 6.29. The van der Waals surface area contributed by atoms with E-state index >= 15 is 0 Å². The molecule has 1 saturated heterocycles. The van der Waals surface area contributed by atoms with Crippen molar-refractivity contribution in [3.63, 3.8) is 0 Å². The number of rotatable bonds is 6. The lowest BCUT2D eigenvalue weighted by Crippen LogP contribution is -2.47. The van der Waals surface area contributed by atoms with Crippen molar-refractivity contribution in [2.24, 2.45) is 0 Å². The van der Waals surface area contributed by atoms with Crippen LogP contribution >= 0.6 is 0 Å². The van der Waals surface area contributed by atoms with Crippen LogP contribution in [-0.4, -0.2) is 86.7 Å². The molecule has 6 heteroatoms. The Balaban J connectivity index is 1.34. The molecule has 2 aliphatic heterocycles. The van der Waals surface area contributed by atoms with Crippen LogP contribution in [0.2, 0.25) is 0 Å². The van der Waals surface area contributed by atoms with Crippen LogP contribution in [0.1, 0.15) is 0 Å². The smallest absolute Gasteiger partial charge is 0.161 e. The van der Waals surface area contributed by atoms with E-state index in [1.54, 1.807) is 0 Å². The van der Waals surface area contributed by atoms with Crippen LogP contribution in [0.5, 0.6) is 11.5 Å². The molecule has 1 aromatic rings. The Morgan fingerprint density at radius 1 is 1.22 bits per heavy atom. The van der Waals surface area contributed by atoms with E-state index in [0.717, 1.165) is 37.7 Å². The summed E-state index contributed by atoms with van der Waals surface area (Å²) in [4.78, 5) is 4.59. The number of para-hydroxylation sites is 2. The first-order valence-corrected chi connectivity index (χ1v) is 8.26. The third kappa shape index (κ3) is 4.81. The zero-order chi connectivity index (χ0) is 16.1. The molecule has 0 spiro atoms. The number of aliphatic hydroxyl groups is 1. The number of fused-ring (bicyclic) bond motifs is 1. The maximum atomic E-state index is 10.1. The van der Waals surface area contributed by atoms with Crippen molar-refractivity contribution < 1.29 is 19.3 Å². The lowest BCUT2D eigenvalue weighted by atomic mass is 10.2. The topological polar surface area (TPSA) is 54.4 Å². The van der Waals surface area contributed by atoms with E-state index in [9.17, 15) is 5.11 Å². The first kappa shape index (κ1) is 16.5. The molecular weight excluding hydrogens is 296 g/mol. The highest BCUT2D eigenvalue weighted by atomic mass is 16.6. The molecule has 2 atom stereocenters. The van der Waals surface area contributed by atoms with E-state index in [2.05, 4.69) is 16.8 Å². The molecule has 6 nitrogen and oxygen atoms in total. The first-order valence-electron chi connectivity index (χ1n) is 8.26. The number of piperazine rings is 1. The maximum absolute atomic E-state index is 10.1. The summed E-state index contributed by atoms with van der Waals surface area (Å²) in [7, 11) is 2.13. The standard InChI is InChI=1S/C17H26N2O4/c1-18-6-8-19(9-7-18)10-14(20)11-21-12-15-13-22-16-4-2-3-5-17(16)23-15/h2-5,14-15,20H,6-13H2,1H3/t14-,15-/m0/s1. The van der Waals surface area contributed by atoms with Crippen LogP contribution < -0.4 is 9.47 Å². The highest BCUT2D eigenvalue weighted by Gasteiger charge is 2.22. The predicted octanol–water partition coefficient (Wildman–Crippen LogP) is 0.451. The van der Waals surface area contributed by atoms with Gasteiger partial charge in [0, 0.05) is 32.7 Å². The van der Waals surface area contributed by atoms with Gasteiger partial charge in [0.05, 0.1) is 19.3 Å². The Bertz CT molecular complexity index is 491. The van der Waals surface area contributed by atoms with Crippen LogP contribution in [0.15, 0.2) is 24.3 Å². The summed E-state index contributed by atoms with van der Waals surface area (Å²) in [6, 6.07) is 7.63. The summed E-state index contributed by atoms with van der Waals surface area (Å²) in [6.07, 6.45) is -0.587. The summed E-state index contributed by atoms with van der Waals surface area (Å²) in [5.74, 6) is 1.53. The Morgan fingerprint density at radius 3 is 2.74 bits per heavy atom. The van der Waals surface area contributed by atoms with Gasteiger partial charge in [-0.1, -0.05) is 12.1 Å². The fourth-order valence-corrected chi connectivity index (χ4v) is 2.86. The molecule has 2 aliphatic rings. The Morgan fingerprint density at radius 2 is 1.96 bits per heavy atom. The van der Waals surface area contributed by atoms with Crippen molar-refractivity contribution in [1.29, 1.82) is 0 Å². The largest absolute Gasteiger partial charge is 0.486 e. The fourth-order valence-electron chi connectivity index (χ4n) is 2.86. The molecule has 1 fully saturated rings. The van der Waals surface area contributed by atoms with Crippen molar-refractivity contribution in [2.45, 2.75) is 12.2 Å². The Kier molecular flexibility index (Phi) is 5.72. The van der Waals surface area contributed by atoms with E-state index in [0.29, 0.717) is 26.4 Å². The van der Waals surface area contributed by atoms with Gasteiger partial charge in [0.15, 0.2) is 17.6 Å². The average molecular weight is 322 g/mol. The second kappa shape index (κ2) is 7.97. The zero-order valence-corrected chi connectivity index (χ0v) is 13.7. The number of aliphatic hydroxyl groups excluding tert-OH is 1. The Hall–Kier alpha value is -1.34. The van der Waals surface area contributed by atoms with E-state index in [4.69, 9.17) is 14.2 Å². The number of hydrogen-bond acceptors (Lipinski definition) is 6. The Labute approximate surface area is 137 Å². The predicted molar refractivity (Wildman–Crippen MR) is 87.1 cm³/mol. The molecule has 23 heavy (non-hydrogen) atoms. The van der Waals surface area contributed by atoms with Gasteiger partial charge in [0.25, 0.3) is 0 Å². The van der Waals surface area contributed by atoms with Gasteiger partial charge in [-0.25, -0.2) is 0 Å². The van der Waals surface area contributed by atoms with Crippen molar-refractivity contribution in [2.75, 3.05) is 59.6 Å². The minimum absolute atomic E-state index is 0.124. The highest BCUT2D eigenvalue weighted by Crippen LogP contribution is 2.30. The van der Waals surface area contributed by atoms with Crippen molar-refractivity contribution in [3.8, 4) is 11.5 Å². The summed E-state index contributed by atoms with van der Waals surface area (Å²) in [6.45, 7) is 6.01. The van der Waals surface area contributed by atoms with Crippen molar-refractivity contribution >= 4 is 0 Å². The summed E-state index contributed by atoms with van der Waals surface area (Å²) in [5.41, 5.74) is 0. The fraction of sp³-hybridized carbons (Fsp3) is 0.647. The molecule has 1 N–H and O–H groups in total. The van der Waals surface area contributed by atoms with Crippen LogP contribution in [-0.2, 0) is 4.74 Å². The molecule has 0 bridgehead atoms. The lowest BCUT2D eigenvalue weighted by molar-refractivity contribution is -0.0315.